The fraction of sp³-hybridized carbons (Fsp3) is 0.269. The molecule has 0 radical (unpaired) electrons. The van der Waals surface area contributed by atoms with E-state index in [2.05, 4.69) is 0 Å². The molecule has 5 nitrogen and oxygen atoms in total. The summed E-state index contributed by atoms with van der Waals surface area (Å²) in [6.45, 7) is 3.90. The van der Waals surface area contributed by atoms with Crippen molar-refractivity contribution in [1.29, 1.82) is 0 Å². The van der Waals surface area contributed by atoms with Crippen molar-refractivity contribution in [2.75, 3.05) is 0 Å². The van der Waals surface area contributed by atoms with Gasteiger partial charge in [-0.05, 0) is 55.3 Å². The molecular formula is C26H26ClNO4S2. The van der Waals surface area contributed by atoms with Gasteiger partial charge in [-0.2, -0.15) is 4.31 Å². The molecule has 1 saturated heterocycles. The second kappa shape index (κ2) is 10.1. The van der Waals surface area contributed by atoms with Crippen molar-refractivity contribution in [2.45, 2.75) is 47.4 Å². The molecule has 8 heteroatoms. The molecule has 0 saturated carbocycles. The smallest absolute Gasteiger partial charge is 0.309 e. The van der Waals surface area contributed by atoms with E-state index in [0.29, 0.717) is 17.0 Å². The monoisotopic (exact) mass is 515 g/mol. The van der Waals surface area contributed by atoms with Gasteiger partial charge in [-0.1, -0.05) is 66.6 Å². The number of nitrogens with zero attached hydrogens (tertiary/aromatic N) is 1. The molecule has 0 unspecified atom stereocenters. The number of carbonyl (C=O) groups is 1. The van der Waals surface area contributed by atoms with E-state index in [1.54, 1.807) is 54.6 Å². The van der Waals surface area contributed by atoms with Crippen LogP contribution in [-0.4, -0.2) is 35.1 Å². The number of rotatable bonds is 7. The van der Waals surface area contributed by atoms with E-state index in [9.17, 15) is 18.3 Å². The minimum atomic E-state index is -3.98. The van der Waals surface area contributed by atoms with Gasteiger partial charge in [0, 0.05) is 21.2 Å². The first kappa shape index (κ1) is 24.8. The SMILES string of the molecule is CC[C@@H]1[C@@H](Sc2ccc(C)cc2)[C@@H](C(=O)O)[C@H](c2ccc(Cl)cc2)N1S(=O)(=O)c1ccccc1. The summed E-state index contributed by atoms with van der Waals surface area (Å²) in [5.74, 6) is -1.97. The summed E-state index contributed by atoms with van der Waals surface area (Å²) in [6, 6.07) is 21.5. The van der Waals surface area contributed by atoms with Crippen LogP contribution in [0.25, 0.3) is 0 Å². The highest BCUT2D eigenvalue weighted by molar-refractivity contribution is 8.00. The molecule has 178 valence electrons. The van der Waals surface area contributed by atoms with E-state index >= 15 is 0 Å². The van der Waals surface area contributed by atoms with Crippen LogP contribution in [0.4, 0.5) is 0 Å². The number of thioether (sulfide) groups is 1. The third-order valence-corrected chi connectivity index (χ3v) is 9.80. The van der Waals surface area contributed by atoms with Crippen LogP contribution in [0.1, 0.15) is 30.5 Å². The normalized spacial score (nSPS) is 23.1. The maximum atomic E-state index is 14.0. The van der Waals surface area contributed by atoms with Crippen LogP contribution in [0.15, 0.2) is 88.7 Å². The zero-order chi connectivity index (χ0) is 24.5. The van der Waals surface area contributed by atoms with Gasteiger partial charge in [-0.25, -0.2) is 8.42 Å². The van der Waals surface area contributed by atoms with Gasteiger partial charge < -0.3 is 5.11 Å². The Morgan fingerprint density at radius 2 is 1.62 bits per heavy atom. The molecule has 3 aromatic carbocycles. The Morgan fingerprint density at radius 1 is 1.00 bits per heavy atom. The molecule has 34 heavy (non-hydrogen) atoms. The lowest BCUT2D eigenvalue weighted by Crippen LogP contribution is -2.39. The number of hydrogen-bond donors (Lipinski definition) is 1. The van der Waals surface area contributed by atoms with E-state index in [-0.39, 0.29) is 4.90 Å². The van der Waals surface area contributed by atoms with E-state index < -0.39 is 39.2 Å². The quantitative estimate of drug-likeness (QED) is 0.415. The van der Waals surface area contributed by atoms with Gasteiger partial charge in [-0.15, -0.1) is 11.8 Å². The van der Waals surface area contributed by atoms with E-state index in [0.717, 1.165) is 10.5 Å². The number of carboxylic acids is 1. The first-order valence-electron chi connectivity index (χ1n) is 11.0. The Morgan fingerprint density at radius 3 is 2.18 bits per heavy atom. The highest BCUT2D eigenvalue weighted by atomic mass is 35.5. The van der Waals surface area contributed by atoms with E-state index in [4.69, 9.17) is 11.6 Å². The highest BCUT2D eigenvalue weighted by Gasteiger charge is 2.56. The van der Waals surface area contributed by atoms with Crippen LogP contribution in [0.2, 0.25) is 5.02 Å². The minimum absolute atomic E-state index is 0.150. The lowest BCUT2D eigenvalue weighted by molar-refractivity contribution is -0.142. The molecule has 4 rings (SSSR count). The fourth-order valence-electron chi connectivity index (χ4n) is 4.60. The highest BCUT2D eigenvalue weighted by Crippen LogP contribution is 2.51. The van der Waals surface area contributed by atoms with Gasteiger partial charge in [-0.3, -0.25) is 4.79 Å². The molecule has 3 aromatic rings. The van der Waals surface area contributed by atoms with E-state index in [1.165, 1.54) is 16.1 Å². The Labute approximate surface area is 209 Å². The summed E-state index contributed by atoms with van der Waals surface area (Å²) < 4.78 is 29.4. The average Bonchev–Trinajstić information content (AvgIpc) is 3.16. The van der Waals surface area contributed by atoms with Crippen LogP contribution >= 0.6 is 23.4 Å². The topological polar surface area (TPSA) is 74.7 Å². The molecule has 0 bridgehead atoms. The van der Waals surface area contributed by atoms with Crippen LogP contribution in [0.3, 0.4) is 0 Å². The van der Waals surface area contributed by atoms with Gasteiger partial charge in [0.05, 0.1) is 16.9 Å². The van der Waals surface area contributed by atoms with Crippen LogP contribution in [0.5, 0.6) is 0 Å². The third-order valence-electron chi connectivity index (χ3n) is 6.20. The molecule has 0 amide bonds. The lowest BCUT2D eigenvalue weighted by Gasteiger charge is -2.30. The third kappa shape index (κ3) is 4.75. The van der Waals surface area contributed by atoms with Crippen molar-refractivity contribution in [1.82, 2.24) is 4.31 Å². The van der Waals surface area contributed by atoms with Gasteiger partial charge in [0.2, 0.25) is 10.0 Å². The van der Waals surface area contributed by atoms with Crippen molar-refractivity contribution < 1.29 is 18.3 Å². The predicted molar refractivity (Wildman–Crippen MR) is 136 cm³/mol. The summed E-state index contributed by atoms with van der Waals surface area (Å²) in [7, 11) is -3.98. The van der Waals surface area contributed by atoms with Gasteiger partial charge in [0.1, 0.15) is 0 Å². The summed E-state index contributed by atoms with van der Waals surface area (Å²) in [4.78, 5) is 13.8. The molecule has 1 heterocycles. The summed E-state index contributed by atoms with van der Waals surface area (Å²) in [6.07, 6.45) is 0.476. The largest absolute Gasteiger partial charge is 0.481 e. The molecule has 0 aliphatic carbocycles. The number of sulfonamides is 1. The maximum Gasteiger partial charge on any atom is 0.309 e. The second-order valence-electron chi connectivity index (χ2n) is 8.38. The van der Waals surface area contributed by atoms with Gasteiger partial charge in [0.15, 0.2) is 0 Å². The minimum Gasteiger partial charge on any atom is -0.481 e. The Bertz CT molecular complexity index is 1250. The fourth-order valence-corrected chi connectivity index (χ4v) is 8.23. The Kier molecular flexibility index (Phi) is 7.38. The Balaban J connectivity index is 1.89. The van der Waals surface area contributed by atoms with E-state index in [1.807, 2.05) is 38.1 Å². The molecule has 1 fully saturated rings. The summed E-state index contributed by atoms with van der Waals surface area (Å²) in [5.41, 5.74) is 1.71. The van der Waals surface area contributed by atoms with Crippen molar-refractivity contribution in [3.8, 4) is 0 Å². The first-order chi connectivity index (χ1) is 16.2. The summed E-state index contributed by atoms with van der Waals surface area (Å²) in [5, 5.41) is 10.4. The summed E-state index contributed by atoms with van der Waals surface area (Å²) >= 11 is 7.52. The number of aryl methyl sites for hydroxylation is 1. The zero-order valence-corrected chi connectivity index (χ0v) is 21.2. The number of hydrogen-bond acceptors (Lipinski definition) is 4. The molecule has 1 aliphatic heterocycles. The molecular weight excluding hydrogens is 490 g/mol. The van der Waals surface area contributed by atoms with Crippen molar-refractivity contribution >= 4 is 39.4 Å². The number of halogens is 1. The lowest BCUT2D eigenvalue weighted by atomic mass is 9.93. The predicted octanol–water partition coefficient (Wildman–Crippen LogP) is 6.03. The van der Waals surface area contributed by atoms with Crippen molar-refractivity contribution in [3.63, 3.8) is 0 Å². The maximum absolute atomic E-state index is 14.0. The molecule has 0 spiro atoms. The number of carboxylic acid groups (broad SMARTS) is 1. The molecule has 1 N–H and O–H groups in total. The molecule has 1 aliphatic rings. The first-order valence-corrected chi connectivity index (χ1v) is 13.7. The average molecular weight is 516 g/mol. The van der Waals surface area contributed by atoms with Gasteiger partial charge >= 0.3 is 5.97 Å². The molecule has 4 atom stereocenters. The standard InChI is InChI=1S/C26H26ClNO4S2/c1-3-22-25(33-20-15-9-17(2)10-16-20)23(26(29)30)24(18-11-13-19(27)14-12-18)28(22)34(31,32)21-7-5-4-6-8-21/h4-16,22-25H,3H2,1-2H3,(H,29,30)/t22-,23+,24+,25-/m1/s1. The van der Waals surface area contributed by atoms with Gasteiger partial charge in [0.25, 0.3) is 0 Å². The number of benzene rings is 3. The van der Waals surface area contributed by atoms with Crippen LogP contribution < -0.4 is 0 Å². The molecule has 0 aromatic heterocycles. The zero-order valence-electron chi connectivity index (χ0n) is 18.8. The van der Waals surface area contributed by atoms with Crippen molar-refractivity contribution in [2.24, 2.45) is 5.92 Å². The Hall–Kier alpha value is -2.32. The second-order valence-corrected chi connectivity index (χ2v) is 11.9. The van der Waals surface area contributed by atoms with Crippen LogP contribution in [0, 0.1) is 12.8 Å². The van der Waals surface area contributed by atoms with Crippen molar-refractivity contribution in [3.05, 3.63) is 95.0 Å². The van der Waals surface area contributed by atoms with Crippen LogP contribution in [-0.2, 0) is 14.8 Å². The number of aliphatic carboxylic acids is 1.